The summed E-state index contributed by atoms with van der Waals surface area (Å²) < 4.78 is 11.7. The van der Waals surface area contributed by atoms with Crippen molar-refractivity contribution in [3.63, 3.8) is 0 Å². The number of hydrogen-bond acceptors (Lipinski definition) is 4. The van der Waals surface area contributed by atoms with Gasteiger partial charge in [0.1, 0.15) is 11.3 Å². The fourth-order valence-electron chi connectivity index (χ4n) is 3.52. The zero-order chi connectivity index (χ0) is 19.1. The largest absolute Gasteiger partial charge is 0.881 e. The van der Waals surface area contributed by atoms with Crippen LogP contribution < -0.4 is 7.58 Å². The lowest BCUT2D eigenvalue weighted by atomic mass is 10.1. The molecule has 1 aliphatic rings. The maximum Gasteiger partial charge on any atom is 0.881 e. The first-order chi connectivity index (χ1) is 13.7. The fourth-order valence-corrected chi connectivity index (χ4v) is 4.12. The Kier molecular flexibility index (Phi) is 4.13. The Labute approximate surface area is 169 Å². The van der Waals surface area contributed by atoms with E-state index in [2.05, 4.69) is 4.98 Å². The predicted octanol–water partition coefficient (Wildman–Crippen LogP) is 4.75. The van der Waals surface area contributed by atoms with Crippen LogP contribution in [0.15, 0.2) is 72.8 Å². The number of ketones is 1. The molecule has 0 unspecified atom stereocenters. The van der Waals surface area contributed by atoms with Crippen molar-refractivity contribution in [2.24, 2.45) is 0 Å². The van der Waals surface area contributed by atoms with Gasteiger partial charge in [-0.05, 0) is 42.3 Å². The maximum absolute atomic E-state index is 12.6. The first-order valence-electron chi connectivity index (χ1n) is 9.00. The van der Waals surface area contributed by atoms with Crippen LogP contribution >= 0.6 is 0 Å². The third-order valence-corrected chi connectivity index (χ3v) is 5.60. The number of aromatic nitrogens is 1. The zero-order valence-electron chi connectivity index (χ0n) is 15.2. The molecule has 5 heteroatoms. The van der Waals surface area contributed by atoms with E-state index in [1.165, 1.54) is 0 Å². The number of aryl methyl sites for hydroxylation is 1. The monoisotopic (exact) mass is 380 g/mol. The van der Waals surface area contributed by atoms with Crippen molar-refractivity contribution in [3.05, 3.63) is 89.6 Å². The van der Waals surface area contributed by atoms with Crippen LogP contribution in [0.3, 0.4) is 0 Å². The summed E-state index contributed by atoms with van der Waals surface area (Å²) in [4.78, 5) is 17.2. The second kappa shape index (κ2) is 6.79. The van der Waals surface area contributed by atoms with E-state index in [0.29, 0.717) is 17.1 Å². The van der Waals surface area contributed by atoms with Crippen molar-refractivity contribution in [3.8, 4) is 22.6 Å². The number of benzene rings is 3. The second-order valence-corrected chi connectivity index (χ2v) is 7.36. The fraction of sp³-hybridized carbons (Fsp3) is 0.0435. The van der Waals surface area contributed by atoms with Gasteiger partial charge in [-0.15, -0.1) is 0 Å². The van der Waals surface area contributed by atoms with E-state index in [1.807, 2.05) is 73.7 Å². The van der Waals surface area contributed by atoms with Gasteiger partial charge < -0.3 is 7.58 Å². The summed E-state index contributed by atoms with van der Waals surface area (Å²) in [6.07, 6.45) is 0. The van der Waals surface area contributed by atoms with Gasteiger partial charge in [-0.3, -0.25) is 4.79 Å². The maximum atomic E-state index is 12.6. The Morgan fingerprint density at radius 3 is 2.50 bits per heavy atom. The third kappa shape index (κ3) is 2.86. The number of fused-ring (bicyclic) bond motifs is 4. The van der Waals surface area contributed by atoms with Gasteiger partial charge in [0, 0.05) is 22.2 Å². The van der Waals surface area contributed by atoms with Gasteiger partial charge in [0.2, 0.25) is 0 Å². The van der Waals surface area contributed by atoms with Gasteiger partial charge in [0.05, 0.1) is 5.75 Å². The Balaban J connectivity index is 1.35. The molecule has 0 bridgehead atoms. The molecular weight excluding hydrogens is 365 g/mol. The van der Waals surface area contributed by atoms with E-state index in [1.54, 1.807) is 6.07 Å². The molecule has 133 valence electrons. The summed E-state index contributed by atoms with van der Waals surface area (Å²) in [6.45, 7) is 1.96. The highest BCUT2D eigenvalue weighted by Gasteiger charge is 2.26. The van der Waals surface area contributed by atoms with Gasteiger partial charge in [-0.25, -0.2) is 4.98 Å². The van der Waals surface area contributed by atoms with Crippen molar-refractivity contribution in [1.82, 2.24) is 4.98 Å². The Morgan fingerprint density at radius 1 is 0.786 bits per heavy atom. The lowest BCUT2D eigenvalue weighted by molar-refractivity contribution is 0.104. The highest BCUT2D eigenvalue weighted by molar-refractivity contribution is 6.23. The number of pyridine rings is 1. The van der Waals surface area contributed by atoms with Crippen molar-refractivity contribution in [2.45, 2.75) is 6.92 Å². The van der Waals surface area contributed by atoms with E-state index < -0.39 is 15.9 Å². The molecule has 0 N–H and O–H groups in total. The summed E-state index contributed by atoms with van der Waals surface area (Å²) in [7, 11) is 0. The lowest BCUT2D eigenvalue weighted by Crippen LogP contribution is -2.11. The highest BCUT2D eigenvalue weighted by Crippen LogP contribution is 2.38. The molecule has 0 saturated heterocycles. The van der Waals surface area contributed by atoms with Gasteiger partial charge in [-0.2, -0.15) is 0 Å². The quantitative estimate of drug-likeness (QED) is 0.422. The Morgan fingerprint density at radius 2 is 1.61 bits per heavy atom. The smallest absolute Gasteiger partial charge is 0.616 e. The van der Waals surface area contributed by atoms with Gasteiger partial charge in [-0.1, -0.05) is 48.5 Å². The van der Waals surface area contributed by atoms with Gasteiger partial charge in [0.15, 0.2) is 5.78 Å². The topological polar surface area (TPSA) is 48.4 Å². The van der Waals surface area contributed by atoms with Crippen molar-refractivity contribution in [2.75, 3.05) is 0 Å². The summed E-state index contributed by atoms with van der Waals surface area (Å²) in [6, 6.07) is 23.2. The van der Waals surface area contributed by atoms with Crippen LogP contribution in [0.2, 0.25) is 0 Å². The molecule has 1 heterocycles. The summed E-state index contributed by atoms with van der Waals surface area (Å²) in [5, 5.41) is 1.03. The molecule has 28 heavy (non-hydrogen) atoms. The average Bonchev–Trinajstić information content (AvgIpc) is 3.01. The van der Waals surface area contributed by atoms with Gasteiger partial charge in [0.25, 0.3) is 0 Å². The van der Waals surface area contributed by atoms with Crippen molar-refractivity contribution >= 4 is 32.6 Å². The first-order valence-corrected chi connectivity index (χ1v) is 9.94. The van der Waals surface area contributed by atoms with E-state index in [4.69, 9.17) is 7.58 Å². The van der Waals surface area contributed by atoms with Crippen LogP contribution in [-0.2, 0) is 0 Å². The number of hydrogen-bond donors (Lipinski definition) is 0. The third-order valence-electron chi connectivity index (χ3n) is 4.88. The van der Waals surface area contributed by atoms with E-state index in [0.717, 1.165) is 33.3 Å². The highest BCUT2D eigenvalue weighted by atomic mass is 27.2. The summed E-state index contributed by atoms with van der Waals surface area (Å²) in [5.74, 6) is 1.39. The van der Waals surface area contributed by atoms with Crippen molar-refractivity contribution in [1.29, 1.82) is 0 Å². The number of para-hydroxylation sites is 1. The van der Waals surface area contributed by atoms with Gasteiger partial charge >= 0.3 is 15.9 Å². The van der Waals surface area contributed by atoms with Crippen LogP contribution in [-0.4, -0.2) is 26.7 Å². The summed E-state index contributed by atoms with van der Waals surface area (Å²) in [5.41, 5.74) is 5.14. The molecule has 1 aromatic heterocycles. The second-order valence-electron chi connectivity index (χ2n) is 6.69. The Hall–Kier alpha value is -3.13. The first kappa shape index (κ1) is 17.0. The number of nitrogens with zero attached hydrogens (tertiary/aromatic N) is 1. The molecule has 0 spiro atoms. The molecule has 4 aromatic rings. The number of carbonyl (C=O) groups excluding carboxylic acids is 1. The van der Waals surface area contributed by atoms with Crippen LogP contribution in [0.4, 0.5) is 0 Å². The molecule has 4 nitrogen and oxygen atoms in total. The van der Waals surface area contributed by atoms with Crippen LogP contribution in [0, 0.1) is 6.92 Å². The normalized spacial score (nSPS) is 11.8. The van der Waals surface area contributed by atoms with E-state index in [9.17, 15) is 4.79 Å². The molecule has 1 aliphatic carbocycles. The standard InChI is InChI=1S/C13H8O2.C10H9NO.Al/c14-8-5-6-10-9-3-1-2-4-11(9)13(15)12(10)7-8;1-7-5-6-8-3-2-4-9(12)10(8)11-7;/h1-7,14H;2-6,12H,1H3;/q;;+2/p-2. The van der Waals surface area contributed by atoms with Crippen LogP contribution in [0.5, 0.6) is 11.5 Å². The zero-order valence-corrected chi connectivity index (χ0v) is 16.3. The lowest BCUT2D eigenvalue weighted by Gasteiger charge is -2.11. The summed E-state index contributed by atoms with van der Waals surface area (Å²) >= 11 is -0.787. The van der Waals surface area contributed by atoms with Crippen LogP contribution in [0.1, 0.15) is 21.6 Å². The average molecular weight is 380 g/mol. The minimum Gasteiger partial charge on any atom is -0.616 e. The number of carbonyl (C=O) groups is 1. The molecule has 0 saturated carbocycles. The molecule has 3 aromatic carbocycles. The van der Waals surface area contributed by atoms with E-state index in [-0.39, 0.29) is 5.78 Å². The molecule has 1 radical (unpaired) electrons. The molecular formula is C23H15AlNO3. The predicted molar refractivity (Wildman–Crippen MR) is 109 cm³/mol. The molecule has 0 amide bonds. The minimum absolute atomic E-state index is 0.0423. The molecule has 0 atom stereocenters. The molecule has 0 fully saturated rings. The van der Waals surface area contributed by atoms with E-state index >= 15 is 0 Å². The van der Waals surface area contributed by atoms with Crippen LogP contribution in [0.25, 0.3) is 22.0 Å². The Bertz CT molecular complexity index is 1240. The number of rotatable bonds is 4. The molecule has 0 aliphatic heterocycles. The molecule has 5 rings (SSSR count). The van der Waals surface area contributed by atoms with Crippen molar-refractivity contribution < 1.29 is 12.4 Å². The SMILES string of the molecule is Cc1ccc2cccc([O][Al][O]c3ccc4c(c3)C(=O)c3ccccc3-4)c2n1. The minimum atomic E-state index is -0.787.